The van der Waals surface area contributed by atoms with Gasteiger partial charge in [0, 0.05) is 11.1 Å². The molecule has 0 aromatic heterocycles. The van der Waals surface area contributed by atoms with Gasteiger partial charge in [0.1, 0.15) is 12.4 Å². The predicted molar refractivity (Wildman–Crippen MR) is 107 cm³/mol. The minimum Gasteiger partial charge on any atom is -0.465 e. The standard InChI is InChI=1S/C22H14ClFN2O4/c23-15-9-10-17-20(19(15)18-13(11-25)5-4-8-16(18)24)30-22(29-17,12-26-21(27)28)14-6-2-1-3-7-14/h1-10,26H,12H2,(H,27,28). The highest BCUT2D eigenvalue weighted by molar-refractivity contribution is 6.34. The number of nitriles is 1. The summed E-state index contributed by atoms with van der Waals surface area (Å²) in [6.07, 6.45) is -1.26. The van der Waals surface area contributed by atoms with Gasteiger partial charge in [-0.2, -0.15) is 5.26 Å². The third-order valence-corrected chi connectivity index (χ3v) is 5.00. The first-order chi connectivity index (χ1) is 14.4. The van der Waals surface area contributed by atoms with Crippen molar-refractivity contribution < 1.29 is 23.8 Å². The van der Waals surface area contributed by atoms with Crippen molar-refractivity contribution in [3.05, 3.63) is 82.6 Å². The first-order valence-electron chi connectivity index (χ1n) is 8.87. The van der Waals surface area contributed by atoms with Crippen LogP contribution in [0, 0.1) is 17.1 Å². The summed E-state index contributed by atoms with van der Waals surface area (Å²) >= 11 is 6.39. The van der Waals surface area contributed by atoms with Crippen molar-refractivity contribution >= 4 is 17.7 Å². The van der Waals surface area contributed by atoms with Crippen LogP contribution in [0.5, 0.6) is 11.5 Å². The fourth-order valence-corrected chi connectivity index (χ4v) is 3.61. The fourth-order valence-electron chi connectivity index (χ4n) is 3.37. The Balaban J connectivity index is 1.89. The van der Waals surface area contributed by atoms with Gasteiger partial charge in [-0.25, -0.2) is 9.18 Å². The van der Waals surface area contributed by atoms with Gasteiger partial charge in [-0.3, -0.25) is 0 Å². The number of halogens is 2. The number of carboxylic acid groups (broad SMARTS) is 1. The molecule has 3 aromatic rings. The quantitative estimate of drug-likeness (QED) is 0.621. The molecule has 0 radical (unpaired) electrons. The second kappa shape index (κ2) is 7.58. The van der Waals surface area contributed by atoms with Crippen molar-refractivity contribution in [3.8, 4) is 28.7 Å². The predicted octanol–water partition coefficient (Wildman–Crippen LogP) is 4.91. The average Bonchev–Trinajstić information content (AvgIpc) is 3.13. The number of amides is 1. The average molecular weight is 425 g/mol. The molecule has 1 atom stereocenters. The molecule has 1 aliphatic heterocycles. The van der Waals surface area contributed by atoms with E-state index in [1.165, 1.54) is 24.3 Å². The van der Waals surface area contributed by atoms with E-state index in [0.717, 1.165) is 0 Å². The van der Waals surface area contributed by atoms with Gasteiger partial charge >= 0.3 is 6.09 Å². The second-order valence-corrected chi connectivity index (χ2v) is 6.91. The molecule has 3 aromatic carbocycles. The Hall–Kier alpha value is -3.76. The molecule has 150 valence electrons. The summed E-state index contributed by atoms with van der Waals surface area (Å²) in [5.41, 5.74) is 0.776. The van der Waals surface area contributed by atoms with Crippen molar-refractivity contribution in [3.63, 3.8) is 0 Å². The molecule has 1 unspecified atom stereocenters. The third-order valence-electron chi connectivity index (χ3n) is 4.68. The van der Waals surface area contributed by atoms with Crippen LogP contribution >= 0.6 is 11.6 Å². The minimum atomic E-state index is -1.53. The summed E-state index contributed by atoms with van der Waals surface area (Å²) in [4.78, 5) is 11.1. The molecule has 1 heterocycles. The molecule has 0 fully saturated rings. The summed E-state index contributed by atoms with van der Waals surface area (Å²) < 4.78 is 26.9. The van der Waals surface area contributed by atoms with E-state index < -0.39 is 17.7 Å². The number of fused-ring (bicyclic) bond motifs is 1. The fraction of sp³-hybridized carbons (Fsp3) is 0.0909. The van der Waals surface area contributed by atoms with Crippen molar-refractivity contribution in [2.75, 3.05) is 6.54 Å². The highest BCUT2D eigenvalue weighted by atomic mass is 35.5. The maximum absolute atomic E-state index is 14.7. The van der Waals surface area contributed by atoms with Crippen LogP contribution in [0.15, 0.2) is 60.7 Å². The lowest BCUT2D eigenvalue weighted by Gasteiger charge is -2.28. The molecule has 8 heteroatoms. The van der Waals surface area contributed by atoms with E-state index in [-0.39, 0.29) is 39.8 Å². The number of hydrogen-bond acceptors (Lipinski definition) is 4. The van der Waals surface area contributed by atoms with Gasteiger partial charge in [-0.1, -0.05) is 48.0 Å². The second-order valence-electron chi connectivity index (χ2n) is 6.51. The zero-order valence-corrected chi connectivity index (χ0v) is 16.1. The normalized spacial score (nSPS) is 16.7. The highest BCUT2D eigenvalue weighted by Crippen LogP contribution is 2.52. The monoisotopic (exact) mass is 424 g/mol. The maximum atomic E-state index is 14.7. The molecule has 0 saturated heterocycles. The molecule has 4 rings (SSSR count). The zero-order chi connectivity index (χ0) is 21.3. The van der Waals surface area contributed by atoms with Gasteiger partial charge < -0.3 is 19.9 Å². The molecule has 0 aliphatic carbocycles. The molecule has 0 saturated carbocycles. The molecular weight excluding hydrogens is 411 g/mol. The van der Waals surface area contributed by atoms with Crippen molar-refractivity contribution in [2.45, 2.75) is 5.79 Å². The molecule has 30 heavy (non-hydrogen) atoms. The lowest BCUT2D eigenvalue weighted by molar-refractivity contribution is -0.0821. The summed E-state index contributed by atoms with van der Waals surface area (Å²) in [5.74, 6) is -1.80. The molecule has 0 spiro atoms. The molecule has 1 aliphatic rings. The lowest BCUT2D eigenvalue weighted by Crippen LogP contribution is -2.46. The van der Waals surface area contributed by atoms with Crippen LogP contribution < -0.4 is 14.8 Å². The Labute approximate surface area is 176 Å². The maximum Gasteiger partial charge on any atom is 0.404 e. The Kier molecular flexibility index (Phi) is 4.94. The highest BCUT2D eigenvalue weighted by Gasteiger charge is 2.45. The smallest absolute Gasteiger partial charge is 0.404 e. The van der Waals surface area contributed by atoms with Crippen molar-refractivity contribution in [2.24, 2.45) is 0 Å². The SMILES string of the molecule is N#Cc1cccc(F)c1-c1c(Cl)ccc2c1OC(CNC(=O)O)(c1ccccc1)O2. The van der Waals surface area contributed by atoms with Crippen molar-refractivity contribution in [1.29, 1.82) is 5.26 Å². The van der Waals surface area contributed by atoms with Crippen LogP contribution in [0.3, 0.4) is 0 Å². The summed E-state index contributed by atoms with van der Waals surface area (Å²) in [7, 11) is 0. The van der Waals surface area contributed by atoms with E-state index in [1.54, 1.807) is 36.4 Å². The number of ether oxygens (including phenoxy) is 2. The van der Waals surface area contributed by atoms with Gasteiger partial charge in [0.25, 0.3) is 5.79 Å². The largest absolute Gasteiger partial charge is 0.465 e. The summed E-state index contributed by atoms with van der Waals surface area (Å²) in [6, 6.07) is 17.9. The van der Waals surface area contributed by atoms with Gasteiger partial charge in [0.2, 0.25) is 0 Å². The third kappa shape index (κ3) is 3.27. The van der Waals surface area contributed by atoms with E-state index in [1.807, 2.05) is 6.07 Å². The van der Waals surface area contributed by atoms with E-state index in [9.17, 15) is 14.4 Å². The van der Waals surface area contributed by atoms with Crippen LogP contribution in [0.25, 0.3) is 11.1 Å². The molecule has 2 N–H and O–H groups in total. The van der Waals surface area contributed by atoms with Gasteiger partial charge in [0.05, 0.1) is 22.2 Å². The van der Waals surface area contributed by atoms with Crippen molar-refractivity contribution in [1.82, 2.24) is 5.32 Å². The Morgan fingerprint density at radius 2 is 1.87 bits per heavy atom. The lowest BCUT2D eigenvalue weighted by atomic mass is 9.98. The van der Waals surface area contributed by atoms with Crippen LogP contribution in [0.2, 0.25) is 5.02 Å². The first kappa shape index (κ1) is 19.6. The van der Waals surface area contributed by atoms with E-state index >= 15 is 0 Å². The first-order valence-corrected chi connectivity index (χ1v) is 9.25. The number of nitrogens with one attached hydrogen (secondary N) is 1. The molecular formula is C22H14ClFN2O4. The number of nitrogens with zero attached hydrogens (tertiary/aromatic N) is 1. The zero-order valence-electron chi connectivity index (χ0n) is 15.4. The van der Waals surface area contributed by atoms with E-state index in [4.69, 9.17) is 26.2 Å². The molecule has 0 bridgehead atoms. The van der Waals surface area contributed by atoms with Crippen LogP contribution in [0.4, 0.5) is 9.18 Å². The molecule has 1 amide bonds. The van der Waals surface area contributed by atoms with E-state index in [2.05, 4.69) is 5.32 Å². The topological polar surface area (TPSA) is 91.6 Å². The Bertz CT molecular complexity index is 1180. The summed E-state index contributed by atoms with van der Waals surface area (Å²) in [6.45, 7) is -0.236. The van der Waals surface area contributed by atoms with Gasteiger partial charge in [-0.15, -0.1) is 0 Å². The van der Waals surface area contributed by atoms with Gasteiger partial charge in [0.15, 0.2) is 11.5 Å². The minimum absolute atomic E-state index is 0.0134. The van der Waals surface area contributed by atoms with Crippen LogP contribution in [-0.4, -0.2) is 17.7 Å². The van der Waals surface area contributed by atoms with Crippen LogP contribution in [0.1, 0.15) is 11.1 Å². The molecule has 6 nitrogen and oxygen atoms in total. The van der Waals surface area contributed by atoms with Crippen LogP contribution in [-0.2, 0) is 5.79 Å². The Morgan fingerprint density at radius 1 is 1.10 bits per heavy atom. The Morgan fingerprint density at radius 3 is 2.57 bits per heavy atom. The van der Waals surface area contributed by atoms with E-state index in [0.29, 0.717) is 5.56 Å². The number of benzene rings is 3. The number of rotatable bonds is 4. The number of hydrogen-bond donors (Lipinski definition) is 2. The summed E-state index contributed by atoms with van der Waals surface area (Å²) in [5, 5.41) is 21.0. The number of carbonyl (C=O) groups is 1. The van der Waals surface area contributed by atoms with Gasteiger partial charge in [-0.05, 0) is 24.3 Å².